The van der Waals surface area contributed by atoms with Crippen LogP contribution in [-0.2, 0) is 11.2 Å². The SMILES string of the molecule is C[C@H](NC(=O)Cc1ccccc1[N+](=O)[O-])[C@H]1COc2ccccc2O1. The van der Waals surface area contributed by atoms with Crippen LogP contribution in [0.4, 0.5) is 5.69 Å². The van der Waals surface area contributed by atoms with Gasteiger partial charge < -0.3 is 14.8 Å². The number of hydrogen-bond donors (Lipinski definition) is 1. The van der Waals surface area contributed by atoms with Crippen molar-refractivity contribution in [2.45, 2.75) is 25.5 Å². The van der Waals surface area contributed by atoms with Crippen molar-refractivity contribution < 1.29 is 19.2 Å². The van der Waals surface area contributed by atoms with Crippen molar-refractivity contribution in [2.24, 2.45) is 0 Å². The van der Waals surface area contributed by atoms with E-state index in [0.717, 1.165) is 0 Å². The topological polar surface area (TPSA) is 90.7 Å². The van der Waals surface area contributed by atoms with Gasteiger partial charge in [-0.2, -0.15) is 0 Å². The Kier molecular flexibility index (Phi) is 4.83. The Morgan fingerprint density at radius 1 is 1.24 bits per heavy atom. The van der Waals surface area contributed by atoms with E-state index < -0.39 is 4.92 Å². The van der Waals surface area contributed by atoms with Crippen LogP contribution < -0.4 is 14.8 Å². The van der Waals surface area contributed by atoms with E-state index in [-0.39, 0.29) is 30.2 Å². The summed E-state index contributed by atoms with van der Waals surface area (Å²) in [4.78, 5) is 22.8. The number of nitrogens with zero attached hydrogens (tertiary/aromatic N) is 1. The van der Waals surface area contributed by atoms with Crippen molar-refractivity contribution in [1.82, 2.24) is 5.32 Å². The number of benzene rings is 2. The Morgan fingerprint density at radius 2 is 1.92 bits per heavy atom. The molecule has 0 aromatic heterocycles. The van der Waals surface area contributed by atoms with Gasteiger partial charge in [0.2, 0.25) is 5.91 Å². The van der Waals surface area contributed by atoms with Gasteiger partial charge in [-0.05, 0) is 19.1 Å². The highest BCUT2D eigenvalue weighted by Gasteiger charge is 2.27. The van der Waals surface area contributed by atoms with Gasteiger partial charge in [0, 0.05) is 11.6 Å². The highest BCUT2D eigenvalue weighted by molar-refractivity contribution is 5.80. The lowest BCUT2D eigenvalue weighted by atomic mass is 10.1. The fourth-order valence-corrected chi connectivity index (χ4v) is 2.69. The van der Waals surface area contributed by atoms with Crippen LogP contribution in [0.5, 0.6) is 11.5 Å². The summed E-state index contributed by atoms with van der Waals surface area (Å²) in [5.41, 5.74) is 0.319. The van der Waals surface area contributed by atoms with Crippen LogP contribution in [0.15, 0.2) is 48.5 Å². The van der Waals surface area contributed by atoms with Crippen molar-refractivity contribution in [3.05, 3.63) is 64.2 Å². The van der Waals surface area contributed by atoms with Crippen molar-refractivity contribution in [3.8, 4) is 11.5 Å². The number of nitrogens with one attached hydrogen (secondary N) is 1. The lowest BCUT2D eigenvalue weighted by Gasteiger charge is -2.30. The van der Waals surface area contributed by atoms with Gasteiger partial charge in [0.1, 0.15) is 6.61 Å². The third-order valence-corrected chi connectivity index (χ3v) is 4.02. The van der Waals surface area contributed by atoms with Crippen LogP contribution in [0, 0.1) is 10.1 Å². The van der Waals surface area contributed by atoms with Crippen molar-refractivity contribution in [3.63, 3.8) is 0 Å². The molecule has 0 saturated heterocycles. The average molecular weight is 342 g/mol. The normalized spacial score (nSPS) is 16.8. The van der Waals surface area contributed by atoms with Crippen LogP contribution in [-0.4, -0.2) is 29.6 Å². The highest BCUT2D eigenvalue weighted by atomic mass is 16.6. The van der Waals surface area contributed by atoms with Crippen LogP contribution in [0.3, 0.4) is 0 Å². The van der Waals surface area contributed by atoms with Gasteiger partial charge in [-0.3, -0.25) is 14.9 Å². The Bertz CT molecular complexity index is 793. The van der Waals surface area contributed by atoms with E-state index in [9.17, 15) is 14.9 Å². The highest BCUT2D eigenvalue weighted by Crippen LogP contribution is 2.31. The molecule has 0 unspecified atom stereocenters. The molecule has 7 nitrogen and oxygen atoms in total. The molecule has 0 fully saturated rings. The smallest absolute Gasteiger partial charge is 0.273 e. The number of carbonyl (C=O) groups is 1. The van der Waals surface area contributed by atoms with Crippen molar-refractivity contribution >= 4 is 11.6 Å². The number of carbonyl (C=O) groups excluding carboxylic acids is 1. The van der Waals surface area contributed by atoms with Crippen molar-refractivity contribution in [2.75, 3.05) is 6.61 Å². The van der Waals surface area contributed by atoms with E-state index in [2.05, 4.69) is 5.32 Å². The van der Waals surface area contributed by atoms with E-state index in [1.807, 2.05) is 31.2 Å². The number of amides is 1. The largest absolute Gasteiger partial charge is 0.486 e. The Morgan fingerprint density at radius 3 is 2.68 bits per heavy atom. The fraction of sp³-hybridized carbons (Fsp3) is 0.278. The lowest BCUT2D eigenvalue weighted by Crippen LogP contribution is -2.48. The monoisotopic (exact) mass is 342 g/mol. The molecule has 2 aromatic carbocycles. The molecule has 0 aliphatic carbocycles. The van der Waals surface area contributed by atoms with Gasteiger partial charge in [0.05, 0.1) is 17.4 Å². The molecule has 1 heterocycles. The summed E-state index contributed by atoms with van der Waals surface area (Å²) in [6.45, 7) is 2.14. The molecule has 25 heavy (non-hydrogen) atoms. The molecule has 1 aliphatic heterocycles. The molecule has 0 radical (unpaired) electrons. The second-order valence-corrected chi connectivity index (χ2v) is 5.83. The van der Waals surface area contributed by atoms with Gasteiger partial charge in [0.15, 0.2) is 17.6 Å². The summed E-state index contributed by atoms with van der Waals surface area (Å²) in [6.07, 6.45) is -0.393. The quantitative estimate of drug-likeness (QED) is 0.666. The van der Waals surface area contributed by atoms with E-state index in [4.69, 9.17) is 9.47 Å². The van der Waals surface area contributed by atoms with E-state index in [0.29, 0.717) is 23.7 Å². The van der Waals surface area contributed by atoms with Gasteiger partial charge >= 0.3 is 0 Å². The molecule has 0 spiro atoms. The maximum atomic E-state index is 12.3. The number of ether oxygens (including phenoxy) is 2. The standard InChI is InChI=1S/C18H18N2O5/c1-12(17-11-24-15-8-4-5-9-16(15)25-17)19-18(21)10-13-6-2-3-7-14(13)20(22)23/h2-9,12,17H,10-11H2,1H3,(H,19,21)/t12-,17+/m0/s1. The predicted octanol–water partition coefficient (Wildman–Crippen LogP) is 2.48. The molecule has 1 aliphatic rings. The summed E-state index contributed by atoms with van der Waals surface area (Å²) in [7, 11) is 0. The van der Waals surface area contributed by atoms with Gasteiger partial charge in [-0.25, -0.2) is 0 Å². The van der Waals surface area contributed by atoms with Crippen LogP contribution in [0.1, 0.15) is 12.5 Å². The molecule has 2 atom stereocenters. The third-order valence-electron chi connectivity index (χ3n) is 4.02. The van der Waals surface area contributed by atoms with Crippen LogP contribution in [0.25, 0.3) is 0 Å². The molecule has 130 valence electrons. The maximum absolute atomic E-state index is 12.3. The number of nitro groups is 1. The predicted molar refractivity (Wildman–Crippen MR) is 90.8 cm³/mol. The van der Waals surface area contributed by atoms with Gasteiger partial charge in [0.25, 0.3) is 5.69 Å². The number of hydrogen-bond acceptors (Lipinski definition) is 5. The second kappa shape index (κ2) is 7.21. The Labute approximate surface area is 144 Å². The number of fused-ring (bicyclic) bond motifs is 1. The molecule has 3 rings (SSSR count). The zero-order valence-electron chi connectivity index (χ0n) is 13.7. The summed E-state index contributed by atoms with van der Waals surface area (Å²) in [5.74, 6) is 1.01. The van der Waals surface area contributed by atoms with E-state index in [1.165, 1.54) is 6.07 Å². The zero-order chi connectivity index (χ0) is 17.8. The average Bonchev–Trinajstić information content (AvgIpc) is 2.61. The van der Waals surface area contributed by atoms with E-state index in [1.54, 1.807) is 18.2 Å². The molecular weight excluding hydrogens is 324 g/mol. The first-order valence-electron chi connectivity index (χ1n) is 7.94. The first-order chi connectivity index (χ1) is 12.0. The Hall–Kier alpha value is -3.09. The van der Waals surface area contributed by atoms with E-state index >= 15 is 0 Å². The van der Waals surface area contributed by atoms with Gasteiger partial charge in [-0.1, -0.05) is 30.3 Å². The molecule has 7 heteroatoms. The minimum absolute atomic E-state index is 0.0588. The summed E-state index contributed by atoms with van der Waals surface area (Å²) < 4.78 is 11.5. The Balaban J connectivity index is 1.61. The fourth-order valence-electron chi connectivity index (χ4n) is 2.69. The first-order valence-corrected chi connectivity index (χ1v) is 7.94. The zero-order valence-corrected chi connectivity index (χ0v) is 13.7. The van der Waals surface area contributed by atoms with Gasteiger partial charge in [-0.15, -0.1) is 0 Å². The minimum atomic E-state index is -0.485. The summed E-state index contributed by atoms with van der Waals surface area (Å²) >= 11 is 0. The number of para-hydroxylation sites is 3. The molecule has 0 bridgehead atoms. The molecular formula is C18H18N2O5. The molecule has 0 saturated carbocycles. The van der Waals surface area contributed by atoms with Crippen LogP contribution in [0.2, 0.25) is 0 Å². The van der Waals surface area contributed by atoms with Crippen LogP contribution >= 0.6 is 0 Å². The molecule has 2 aromatic rings. The number of rotatable bonds is 5. The molecule has 1 amide bonds. The third kappa shape index (κ3) is 3.88. The summed E-state index contributed by atoms with van der Waals surface area (Å²) in [5, 5.41) is 13.9. The lowest BCUT2D eigenvalue weighted by molar-refractivity contribution is -0.385. The molecule has 1 N–H and O–H groups in total. The summed E-state index contributed by atoms with van der Waals surface area (Å²) in [6, 6.07) is 13.3. The number of nitro benzene ring substituents is 1. The minimum Gasteiger partial charge on any atom is -0.486 e. The maximum Gasteiger partial charge on any atom is 0.273 e. The second-order valence-electron chi connectivity index (χ2n) is 5.83. The van der Waals surface area contributed by atoms with Crippen molar-refractivity contribution in [1.29, 1.82) is 0 Å². The first kappa shape index (κ1) is 16.8.